The summed E-state index contributed by atoms with van der Waals surface area (Å²) < 4.78 is 5.18. The first kappa shape index (κ1) is 11.7. The number of imide groups is 1. The first-order chi connectivity index (χ1) is 7.09. The zero-order chi connectivity index (χ0) is 11.3. The van der Waals surface area contributed by atoms with Crippen LogP contribution in [0.15, 0.2) is 11.8 Å². The van der Waals surface area contributed by atoms with E-state index >= 15 is 0 Å². The average Bonchev–Trinajstić information content (AvgIpc) is 2.17. The molecule has 0 radical (unpaired) electrons. The molecule has 0 unspecified atom stereocenters. The van der Waals surface area contributed by atoms with E-state index in [1.807, 2.05) is 0 Å². The van der Waals surface area contributed by atoms with Crippen LogP contribution in [0, 0.1) is 5.92 Å². The Morgan fingerprint density at radius 2 is 2.00 bits per heavy atom. The van der Waals surface area contributed by atoms with Gasteiger partial charge >= 0.3 is 0 Å². The molecule has 0 bridgehead atoms. The topological polar surface area (TPSA) is 81.4 Å². The van der Waals surface area contributed by atoms with Gasteiger partial charge in [0.2, 0.25) is 5.91 Å². The molecule has 1 aliphatic rings. The van der Waals surface area contributed by atoms with Crippen LogP contribution in [0.25, 0.3) is 0 Å². The lowest BCUT2D eigenvalue weighted by Gasteiger charge is -2.22. The van der Waals surface area contributed by atoms with E-state index in [1.54, 1.807) is 0 Å². The number of carbonyl (C=O) groups excluding carboxylic acids is 2. The molecule has 1 fully saturated rings. The fourth-order valence-corrected chi connectivity index (χ4v) is 1.51. The van der Waals surface area contributed by atoms with E-state index in [0.29, 0.717) is 18.9 Å². The number of allylic oxidation sites excluding steroid dienone is 1. The molecule has 2 amide bonds. The minimum absolute atomic E-state index is 0.191. The molecule has 15 heavy (non-hydrogen) atoms. The number of nitrogens with one attached hydrogen (secondary N) is 1. The number of ether oxygens (including phenoxy) is 1. The maximum absolute atomic E-state index is 11.2. The van der Waals surface area contributed by atoms with E-state index in [4.69, 9.17) is 10.5 Å². The van der Waals surface area contributed by atoms with Gasteiger partial charge in [0.05, 0.1) is 0 Å². The van der Waals surface area contributed by atoms with Gasteiger partial charge in [0.1, 0.15) is 0 Å². The Morgan fingerprint density at radius 1 is 1.40 bits per heavy atom. The highest BCUT2D eigenvalue weighted by Crippen LogP contribution is 2.19. The van der Waals surface area contributed by atoms with E-state index in [-0.39, 0.29) is 11.8 Å². The molecule has 1 aliphatic heterocycles. The van der Waals surface area contributed by atoms with Gasteiger partial charge in [0, 0.05) is 37.8 Å². The molecule has 1 saturated heterocycles. The molecule has 1 rings (SSSR count). The molecule has 0 atom stereocenters. The van der Waals surface area contributed by atoms with Crippen molar-refractivity contribution in [2.75, 3.05) is 13.2 Å². The third kappa shape index (κ3) is 4.12. The smallest absolute Gasteiger partial charge is 0.252 e. The largest absolute Gasteiger partial charge is 0.402 e. The molecule has 0 aromatic rings. The molecule has 0 aliphatic carbocycles. The Hall–Kier alpha value is -1.36. The molecule has 0 aromatic heterocycles. The second kappa shape index (κ2) is 5.50. The molecule has 84 valence electrons. The summed E-state index contributed by atoms with van der Waals surface area (Å²) in [7, 11) is 0. The van der Waals surface area contributed by atoms with Crippen molar-refractivity contribution in [3.05, 3.63) is 11.8 Å². The molecule has 0 spiro atoms. The summed E-state index contributed by atoms with van der Waals surface area (Å²) >= 11 is 0. The van der Waals surface area contributed by atoms with E-state index in [2.05, 4.69) is 5.32 Å². The average molecular weight is 212 g/mol. The lowest BCUT2D eigenvalue weighted by atomic mass is 9.96. The second-order valence-electron chi connectivity index (χ2n) is 3.58. The predicted octanol–water partition coefficient (Wildman–Crippen LogP) is -0.0817. The Labute approximate surface area is 88.7 Å². The number of hydrogen-bond acceptors (Lipinski definition) is 4. The van der Waals surface area contributed by atoms with Gasteiger partial charge in [-0.1, -0.05) is 0 Å². The first-order valence-corrected chi connectivity index (χ1v) is 4.96. The Kier molecular flexibility index (Phi) is 4.30. The summed E-state index contributed by atoms with van der Waals surface area (Å²) in [6, 6.07) is 0. The maximum Gasteiger partial charge on any atom is 0.252 e. The van der Waals surface area contributed by atoms with Crippen LogP contribution in [0.1, 0.15) is 19.8 Å². The van der Waals surface area contributed by atoms with Crippen molar-refractivity contribution >= 4 is 11.8 Å². The summed E-state index contributed by atoms with van der Waals surface area (Å²) in [5.74, 6) is -0.640. The molecule has 3 N–H and O–H groups in total. The molecule has 5 nitrogen and oxygen atoms in total. The van der Waals surface area contributed by atoms with Crippen molar-refractivity contribution in [3.8, 4) is 0 Å². The van der Waals surface area contributed by atoms with Crippen molar-refractivity contribution in [1.29, 1.82) is 0 Å². The van der Waals surface area contributed by atoms with Crippen LogP contribution in [-0.2, 0) is 14.3 Å². The van der Waals surface area contributed by atoms with Gasteiger partial charge in [-0.15, -0.1) is 0 Å². The standard InChI is InChI=1S/C10H16N2O3/c1-7(13)12-10(14)6-9(11)8-2-4-15-5-3-8/h6,8H,2-5,11H2,1H3,(H,12,13,14). The summed E-state index contributed by atoms with van der Waals surface area (Å²) in [5, 5.41) is 2.15. The second-order valence-corrected chi connectivity index (χ2v) is 3.58. The van der Waals surface area contributed by atoms with Crippen LogP contribution in [0.3, 0.4) is 0 Å². The van der Waals surface area contributed by atoms with Crippen molar-refractivity contribution in [2.24, 2.45) is 11.7 Å². The molecule has 0 aromatic carbocycles. The third-order valence-electron chi connectivity index (χ3n) is 2.29. The quantitative estimate of drug-likeness (QED) is 0.627. The van der Waals surface area contributed by atoms with Crippen LogP contribution in [0.5, 0.6) is 0 Å². The maximum atomic E-state index is 11.2. The van der Waals surface area contributed by atoms with Gasteiger partial charge in [-0.25, -0.2) is 0 Å². The predicted molar refractivity (Wildman–Crippen MR) is 54.6 cm³/mol. The minimum Gasteiger partial charge on any atom is -0.402 e. The van der Waals surface area contributed by atoms with Gasteiger partial charge < -0.3 is 10.5 Å². The molecular formula is C10H16N2O3. The number of rotatable bonds is 2. The van der Waals surface area contributed by atoms with E-state index in [1.165, 1.54) is 13.0 Å². The van der Waals surface area contributed by atoms with Gasteiger partial charge in [-0.05, 0) is 12.8 Å². The van der Waals surface area contributed by atoms with Crippen molar-refractivity contribution in [1.82, 2.24) is 5.32 Å². The van der Waals surface area contributed by atoms with Crippen molar-refractivity contribution < 1.29 is 14.3 Å². The van der Waals surface area contributed by atoms with Crippen LogP contribution < -0.4 is 11.1 Å². The van der Waals surface area contributed by atoms with E-state index in [0.717, 1.165) is 12.8 Å². The minimum atomic E-state index is -0.452. The number of carbonyl (C=O) groups is 2. The summed E-state index contributed by atoms with van der Waals surface area (Å²) in [6.45, 7) is 2.64. The lowest BCUT2D eigenvalue weighted by molar-refractivity contribution is -0.126. The third-order valence-corrected chi connectivity index (χ3v) is 2.29. The van der Waals surface area contributed by atoms with Gasteiger partial charge in [0.25, 0.3) is 5.91 Å². The SMILES string of the molecule is CC(=O)NC(=O)C=C(N)C1CCOCC1. The van der Waals surface area contributed by atoms with Crippen LogP contribution in [-0.4, -0.2) is 25.0 Å². The van der Waals surface area contributed by atoms with Gasteiger partial charge in [-0.3, -0.25) is 14.9 Å². The normalized spacial score (nSPS) is 18.6. The Balaban J connectivity index is 2.49. The molecular weight excluding hydrogens is 196 g/mol. The zero-order valence-corrected chi connectivity index (χ0v) is 8.79. The fourth-order valence-electron chi connectivity index (χ4n) is 1.51. The van der Waals surface area contributed by atoms with Crippen LogP contribution in [0.4, 0.5) is 0 Å². The summed E-state index contributed by atoms with van der Waals surface area (Å²) in [4.78, 5) is 21.8. The van der Waals surface area contributed by atoms with Crippen LogP contribution >= 0.6 is 0 Å². The first-order valence-electron chi connectivity index (χ1n) is 4.96. The van der Waals surface area contributed by atoms with Crippen molar-refractivity contribution in [2.45, 2.75) is 19.8 Å². The summed E-state index contributed by atoms with van der Waals surface area (Å²) in [5.41, 5.74) is 6.28. The fraction of sp³-hybridized carbons (Fsp3) is 0.600. The van der Waals surface area contributed by atoms with Gasteiger partial charge in [0.15, 0.2) is 0 Å². The number of nitrogens with two attached hydrogens (primary N) is 1. The monoisotopic (exact) mass is 212 g/mol. The van der Waals surface area contributed by atoms with Gasteiger partial charge in [-0.2, -0.15) is 0 Å². The summed E-state index contributed by atoms with van der Waals surface area (Å²) in [6.07, 6.45) is 2.95. The highest BCUT2D eigenvalue weighted by Gasteiger charge is 2.16. The van der Waals surface area contributed by atoms with E-state index < -0.39 is 5.91 Å². The Morgan fingerprint density at radius 3 is 2.53 bits per heavy atom. The number of hydrogen-bond donors (Lipinski definition) is 2. The molecule has 1 heterocycles. The van der Waals surface area contributed by atoms with E-state index in [9.17, 15) is 9.59 Å². The van der Waals surface area contributed by atoms with Crippen LogP contribution in [0.2, 0.25) is 0 Å². The molecule has 5 heteroatoms. The number of amides is 2. The highest BCUT2D eigenvalue weighted by atomic mass is 16.5. The zero-order valence-electron chi connectivity index (χ0n) is 8.79. The lowest BCUT2D eigenvalue weighted by Crippen LogP contribution is -2.29. The van der Waals surface area contributed by atoms with Crippen molar-refractivity contribution in [3.63, 3.8) is 0 Å². The Bertz CT molecular complexity index is 280. The highest BCUT2D eigenvalue weighted by molar-refractivity contribution is 6.00. The molecule has 0 saturated carbocycles.